The van der Waals surface area contributed by atoms with E-state index < -0.39 is 57.8 Å². The molecule has 0 aliphatic heterocycles. The molecule has 0 spiro atoms. The first-order chi connectivity index (χ1) is 34.2. The van der Waals surface area contributed by atoms with Crippen LogP contribution >= 0.6 is 7.82 Å². The van der Waals surface area contributed by atoms with Crippen molar-refractivity contribution < 1.29 is 52.2 Å². The van der Waals surface area contributed by atoms with E-state index >= 15 is 0 Å². The zero-order chi connectivity index (χ0) is 51.3. The van der Waals surface area contributed by atoms with Crippen LogP contribution in [0.4, 0.5) is 0 Å². The normalized spacial score (nSPS) is 13.8. The van der Waals surface area contributed by atoms with Crippen molar-refractivity contribution in [1.82, 2.24) is 0 Å². The fourth-order valence-electron chi connectivity index (χ4n) is 7.66. The fourth-order valence-corrected chi connectivity index (χ4v) is 8.44. The molecule has 0 aromatic rings. The van der Waals surface area contributed by atoms with E-state index in [1.807, 2.05) is 12.2 Å². The SMILES string of the molecule is CC/C=C\C/C=C\C/C=C\C/C=C\CCC(=O)OC(CO)COP(=O)(O)OCC(COC(=O)CCCCCCC/C=C\CCCCCC)OC(=O)CCCCCCCCCCCCCCCCCCC. The van der Waals surface area contributed by atoms with Gasteiger partial charge in [0.1, 0.15) is 12.7 Å². The van der Waals surface area contributed by atoms with Gasteiger partial charge in [-0.3, -0.25) is 23.4 Å². The van der Waals surface area contributed by atoms with Gasteiger partial charge in [-0.15, -0.1) is 0 Å². The molecule has 406 valence electrons. The highest BCUT2D eigenvalue weighted by Gasteiger charge is 2.28. The Kier molecular flexibility index (Phi) is 50.4. The molecule has 0 bridgehead atoms. The van der Waals surface area contributed by atoms with Gasteiger partial charge in [-0.25, -0.2) is 4.57 Å². The molecule has 0 fully saturated rings. The van der Waals surface area contributed by atoms with Crippen molar-refractivity contribution in [2.24, 2.45) is 0 Å². The Hall–Kier alpha value is -2.82. The highest BCUT2D eigenvalue weighted by Crippen LogP contribution is 2.43. The second-order valence-corrected chi connectivity index (χ2v) is 20.2. The Morgan fingerprint density at radius 3 is 1.24 bits per heavy atom. The van der Waals surface area contributed by atoms with Crippen LogP contribution in [0.5, 0.6) is 0 Å². The summed E-state index contributed by atoms with van der Waals surface area (Å²) in [7, 11) is -4.76. The summed E-state index contributed by atoms with van der Waals surface area (Å²) >= 11 is 0. The molecule has 0 aliphatic carbocycles. The summed E-state index contributed by atoms with van der Waals surface area (Å²) in [6, 6.07) is 0. The van der Waals surface area contributed by atoms with Gasteiger partial charge in [-0.1, -0.05) is 223 Å². The predicted octanol–water partition coefficient (Wildman–Crippen LogP) is 16.4. The number of hydrogen-bond donors (Lipinski definition) is 2. The van der Waals surface area contributed by atoms with Crippen molar-refractivity contribution in [3.05, 3.63) is 60.8 Å². The molecule has 0 rings (SSSR count). The van der Waals surface area contributed by atoms with Crippen molar-refractivity contribution in [1.29, 1.82) is 0 Å². The molecule has 0 aromatic heterocycles. The van der Waals surface area contributed by atoms with E-state index in [2.05, 4.69) is 69.4 Å². The maximum atomic E-state index is 12.9. The molecule has 2 N–H and O–H groups in total. The molecule has 3 atom stereocenters. The molecule has 0 radical (unpaired) electrons. The molecule has 0 aliphatic rings. The van der Waals surface area contributed by atoms with Gasteiger partial charge in [-0.05, 0) is 70.6 Å². The molecule has 70 heavy (non-hydrogen) atoms. The number of carbonyl (C=O) groups excluding carboxylic acids is 3. The van der Waals surface area contributed by atoms with Gasteiger partial charge in [0.05, 0.1) is 19.8 Å². The summed E-state index contributed by atoms with van der Waals surface area (Å²) in [5, 5.41) is 9.77. The van der Waals surface area contributed by atoms with Crippen LogP contribution in [0.1, 0.15) is 252 Å². The lowest BCUT2D eigenvalue weighted by Gasteiger charge is -2.21. The van der Waals surface area contributed by atoms with Crippen LogP contribution in [0.25, 0.3) is 0 Å². The van der Waals surface area contributed by atoms with E-state index in [4.69, 9.17) is 23.3 Å². The zero-order valence-electron chi connectivity index (χ0n) is 44.7. The van der Waals surface area contributed by atoms with Gasteiger partial charge >= 0.3 is 25.7 Å². The van der Waals surface area contributed by atoms with Gasteiger partial charge in [0.15, 0.2) is 6.10 Å². The third-order valence-corrected chi connectivity index (χ3v) is 12.9. The Morgan fingerprint density at radius 1 is 0.414 bits per heavy atom. The van der Waals surface area contributed by atoms with E-state index in [1.165, 1.54) is 109 Å². The van der Waals surface area contributed by atoms with E-state index in [9.17, 15) is 28.9 Å². The summed E-state index contributed by atoms with van der Waals surface area (Å²) in [4.78, 5) is 48.4. The number of phosphoric acid groups is 1. The topological polar surface area (TPSA) is 155 Å². The monoisotopic (exact) mass is 1010 g/mol. The third kappa shape index (κ3) is 50.1. The summed E-state index contributed by atoms with van der Waals surface area (Å²) < 4.78 is 39.4. The molecule has 0 amide bonds. The van der Waals surface area contributed by atoms with Crippen LogP contribution in [0.15, 0.2) is 60.8 Å². The highest BCUT2D eigenvalue weighted by molar-refractivity contribution is 7.47. The first-order valence-corrected chi connectivity index (χ1v) is 29.7. The Morgan fingerprint density at radius 2 is 0.771 bits per heavy atom. The zero-order valence-corrected chi connectivity index (χ0v) is 45.6. The second kappa shape index (κ2) is 52.5. The van der Waals surface area contributed by atoms with Crippen LogP contribution in [-0.4, -0.2) is 66.5 Å². The molecular formula is C58H103O11P. The van der Waals surface area contributed by atoms with Crippen LogP contribution < -0.4 is 0 Å². The van der Waals surface area contributed by atoms with Crippen LogP contribution in [0.2, 0.25) is 0 Å². The number of aliphatic hydroxyl groups excluding tert-OH is 1. The average molecular weight is 1010 g/mol. The Labute approximate surface area is 427 Å². The van der Waals surface area contributed by atoms with E-state index in [0.29, 0.717) is 19.3 Å². The Bertz CT molecular complexity index is 1410. The number of allylic oxidation sites excluding steroid dienone is 10. The van der Waals surface area contributed by atoms with E-state index in [0.717, 1.165) is 83.5 Å². The summed E-state index contributed by atoms with van der Waals surface area (Å²) in [5.74, 6) is -1.55. The number of aliphatic hydroxyl groups is 1. The van der Waals surface area contributed by atoms with Gasteiger partial charge in [-0.2, -0.15) is 0 Å². The molecule has 11 nitrogen and oxygen atoms in total. The largest absolute Gasteiger partial charge is 0.472 e. The number of hydrogen-bond acceptors (Lipinski definition) is 10. The lowest BCUT2D eigenvalue weighted by Crippen LogP contribution is -2.30. The van der Waals surface area contributed by atoms with E-state index in [1.54, 1.807) is 0 Å². The number of unbranched alkanes of at least 4 members (excludes halogenated alkanes) is 25. The second-order valence-electron chi connectivity index (χ2n) is 18.7. The first kappa shape index (κ1) is 67.2. The number of rotatable bonds is 52. The lowest BCUT2D eigenvalue weighted by atomic mass is 10.0. The molecule has 3 unspecified atom stereocenters. The summed E-state index contributed by atoms with van der Waals surface area (Å²) in [6.45, 7) is 4.44. The quantitative estimate of drug-likeness (QED) is 0.0197. The number of carbonyl (C=O) groups is 3. The molecule has 0 saturated carbocycles. The fraction of sp³-hybridized carbons (Fsp3) is 0.776. The minimum atomic E-state index is -4.76. The molecule has 0 saturated heterocycles. The molecule has 0 heterocycles. The minimum absolute atomic E-state index is 0.0560. The highest BCUT2D eigenvalue weighted by atomic mass is 31.2. The molecule has 0 aromatic carbocycles. The summed E-state index contributed by atoms with van der Waals surface area (Å²) in [5.41, 5.74) is 0. The number of phosphoric ester groups is 1. The number of esters is 3. The molecular weight excluding hydrogens is 904 g/mol. The van der Waals surface area contributed by atoms with Crippen molar-refractivity contribution in [2.75, 3.05) is 26.4 Å². The van der Waals surface area contributed by atoms with Crippen molar-refractivity contribution in [2.45, 2.75) is 264 Å². The van der Waals surface area contributed by atoms with Crippen LogP contribution in [-0.2, 0) is 42.2 Å². The van der Waals surface area contributed by atoms with Crippen LogP contribution in [0, 0.1) is 0 Å². The Balaban J connectivity index is 4.77. The maximum Gasteiger partial charge on any atom is 0.472 e. The standard InChI is InChI=1S/C58H103O11P/c1-4-7-10-13-16-19-22-25-26-27-28-31-34-37-40-43-46-49-58(62)69-55(51-65-56(60)47-44-41-38-35-32-29-23-20-17-14-11-8-5-2)53-67-70(63,64)66-52-54(50-59)68-57(61)48-45-42-39-36-33-30-24-21-18-15-12-9-6-3/h9,12,18,20-21,23,30,33,39,42,54-55,59H,4-8,10-11,13-17,19,22,24-29,31-32,34-38,40-41,43-53H2,1-3H3,(H,63,64)/b12-9-,21-18-,23-20-,33-30-,42-39-. The lowest BCUT2D eigenvalue weighted by molar-refractivity contribution is -0.161. The van der Waals surface area contributed by atoms with Gasteiger partial charge in [0.2, 0.25) is 0 Å². The van der Waals surface area contributed by atoms with E-state index in [-0.39, 0.29) is 25.9 Å². The van der Waals surface area contributed by atoms with Crippen molar-refractivity contribution >= 4 is 25.7 Å². The first-order valence-electron chi connectivity index (χ1n) is 28.2. The number of ether oxygens (including phenoxy) is 3. The summed E-state index contributed by atoms with van der Waals surface area (Å²) in [6.07, 6.45) is 56.3. The van der Waals surface area contributed by atoms with Crippen molar-refractivity contribution in [3.63, 3.8) is 0 Å². The molecule has 12 heteroatoms. The minimum Gasteiger partial charge on any atom is -0.462 e. The third-order valence-electron chi connectivity index (χ3n) is 11.9. The van der Waals surface area contributed by atoms with Crippen molar-refractivity contribution in [3.8, 4) is 0 Å². The van der Waals surface area contributed by atoms with Gasteiger partial charge < -0.3 is 24.2 Å². The maximum absolute atomic E-state index is 12.9. The predicted molar refractivity (Wildman–Crippen MR) is 288 cm³/mol. The van der Waals surface area contributed by atoms with Gasteiger partial charge in [0.25, 0.3) is 0 Å². The van der Waals surface area contributed by atoms with Gasteiger partial charge in [0, 0.05) is 19.3 Å². The average Bonchev–Trinajstić information content (AvgIpc) is 3.35. The smallest absolute Gasteiger partial charge is 0.462 e. The van der Waals surface area contributed by atoms with Crippen LogP contribution in [0.3, 0.4) is 0 Å².